The van der Waals surface area contributed by atoms with Gasteiger partial charge < -0.3 is 14.7 Å². The number of ether oxygens (including phenoxy) is 1. The van der Waals surface area contributed by atoms with Crippen molar-refractivity contribution in [1.29, 1.82) is 0 Å². The van der Waals surface area contributed by atoms with Crippen molar-refractivity contribution >= 4 is 6.09 Å². The van der Waals surface area contributed by atoms with Crippen molar-refractivity contribution in [2.75, 3.05) is 26.3 Å². The first kappa shape index (κ1) is 13.2. The summed E-state index contributed by atoms with van der Waals surface area (Å²) < 4.78 is 4.83. The molecule has 0 aromatic carbocycles. The van der Waals surface area contributed by atoms with E-state index < -0.39 is 0 Å². The quantitative estimate of drug-likeness (QED) is 0.711. The molecule has 4 heteroatoms. The minimum Gasteiger partial charge on any atom is -0.447 e. The molecule has 0 aromatic rings. The second-order valence-corrected chi connectivity index (χ2v) is 3.39. The van der Waals surface area contributed by atoms with Crippen LogP contribution in [0.1, 0.15) is 27.2 Å². The summed E-state index contributed by atoms with van der Waals surface area (Å²) in [6, 6.07) is 0. The fraction of sp³-hybridized carbons (Fsp3) is 0.900. The first-order valence-electron chi connectivity index (χ1n) is 5.18. The van der Waals surface area contributed by atoms with Crippen LogP contribution in [0.25, 0.3) is 0 Å². The smallest absolute Gasteiger partial charge is 0.409 e. The lowest BCUT2D eigenvalue weighted by molar-refractivity contribution is 0.0815. The maximum absolute atomic E-state index is 11.4. The van der Waals surface area contributed by atoms with Crippen LogP contribution in [0.5, 0.6) is 0 Å². The van der Waals surface area contributed by atoms with E-state index in [1.54, 1.807) is 4.90 Å². The second-order valence-electron chi connectivity index (χ2n) is 3.39. The van der Waals surface area contributed by atoms with Crippen molar-refractivity contribution in [2.24, 2.45) is 5.92 Å². The fourth-order valence-corrected chi connectivity index (χ4v) is 1.06. The van der Waals surface area contributed by atoms with Crippen LogP contribution in [0.2, 0.25) is 0 Å². The topological polar surface area (TPSA) is 49.8 Å². The van der Waals surface area contributed by atoms with Gasteiger partial charge in [0, 0.05) is 13.1 Å². The number of nitrogens with zero attached hydrogens (tertiary/aromatic N) is 1. The molecule has 0 heterocycles. The summed E-state index contributed by atoms with van der Waals surface area (Å²) in [5.74, 6) is 0.483. The maximum atomic E-state index is 11.4. The third kappa shape index (κ3) is 5.07. The van der Waals surface area contributed by atoms with Gasteiger partial charge in [0.15, 0.2) is 0 Å². The zero-order valence-electron chi connectivity index (χ0n) is 9.32. The molecule has 0 aliphatic rings. The van der Waals surface area contributed by atoms with E-state index in [0.29, 0.717) is 12.5 Å². The number of carbonyl (C=O) groups is 1. The van der Waals surface area contributed by atoms with E-state index in [4.69, 9.17) is 9.84 Å². The molecule has 84 valence electrons. The molecule has 0 rings (SSSR count). The molecular formula is C10H21NO3. The molecule has 0 aromatic heterocycles. The number of amides is 1. The first-order valence-corrected chi connectivity index (χ1v) is 5.18. The van der Waals surface area contributed by atoms with Gasteiger partial charge in [-0.2, -0.15) is 0 Å². The Morgan fingerprint density at radius 1 is 1.50 bits per heavy atom. The highest BCUT2D eigenvalue weighted by molar-refractivity contribution is 5.67. The van der Waals surface area contributed by atoms with E-state index in [-0.39, 0.29) is 19.3 Å². The van der Waals surface area contributed by atoms with Gasteiger partial charge in [0.2, 0.25) is 0 Å². The number of hydrogen-bond acceptors (Lipinski definition) is 3. The van der Waals surface area contributed by atoms with Gasteiger partial charge in [-0.05, 0) is 12.8 Å². The molecule has 0 spiro atoms. The summed E-state index contributed by atoms with van der Waals surface area (Å²) in [5, 5.41) is 8.50. The lowest BCUT2D eigenvalue weighted by Crippen LogP contribution is -2.35. The average Bonchev–Trinajstić information content (AvgIpc) is 2.21. The van der Waals surface area contributed by atoms with E-state index in [1.807, 2.05) is 6.92 Å². The van der Waals surface area contributed by atoms with Crippen LogP contribution in [-0.4, -0.2) is 42.4 Å². The number of aliphatic hydroxyl groups excluding tert-OH is 1. The zero-order chi connectivity index (χ0) is 11.0. The molecule has 0 aliphatic heterocycles. The van der Waals surface area contributed by atoms with Crippen LogP contribution >= 0.6 is 0 Å². The molecule has 1 amide bonds. The van der Waals surface area contributed by atoms with Crippen LogP contribution in [0, 0.1) is 5.92 Å². The summed E-state index contributed by atoms with van der Waals surface area (Å²) in [4.78, 5) is 13.0. The van der Waals surface area contributed by atoms with Crippen LogP contribution in [0.3, 0.4) is 0 Å². The lowest BCUT2D eigenvalue weighted by Gasteiger charge is -2.23. The van der Waals surface area contributed by atoms with Crippen molar-refractivity contribution in [3.63, 3.8) is 0 Å². The largest absolute Gasteiger partial charge is 0.447 e. The predicted octanol–water partition coefficient (Wildman–Crippen LogP) is 1.48. The lowest BCUT2D eigenvalue weighted by atomic mass is 10.1. The van der Waals surface area contributed by atoms with Crippen molar-refractivity contribution in [3.05, 3.63) is 0 Å². The van der Waals surface area contributed by atoms with Gasteiger partial charge >= 0.3 is 6.09 Å². The number of hydrogen-bond donors (Lipinski definition) is 1. The highest BCUT2D eigenvalue weighted by atomic mass is 16.6. The maximum Gasteiger partial charge on any atom is 0.409 e. The van der Waals surface area contributed by atoms with Gasteiger partial charge in [-0.1, -0.05) is 20.3 Å². The Hall–Kier alpha value is -0.770. The van der Waals surface area contributed by atoms with E-state index in [2.05, 4.69) is 13.8 Å². The van der Waals surface area contributed by atoms with Crippen molar-refractivity contribution < 1.29 is 14.6 Å². The van der Waals surface area contributed by atoms with Crippen LogP contribution in [-0.2, 0) is 4.74 Å². The minimum atomic E-state index is -0.332. The van der Waals surface area contributed by atoms with Gasteiger partial charge in [-0.25, -0.2) is 4.79 Å². The van der Waals surface area contributed by atoms with Gasteiger partial charge in [0.25, 0.3) is 0 Å². The Balaban J connectivity index is 3.92. The molecule has 1 unspecified atom stereocenters. The van der Waals surface area contributed by atoms with Gasteiger partial charge in [0.05, 0.1) is 6.61 Å². The van der Waals surface area contributed by atoms with E-state index in [0.717, 1.165) is 13.0 Å². The standard InChI is InChI=1S/C10H21NO3/c1-4-9(3)8-11(5-2)10(13)14-7-6-12/h9,12H,4-8H2,1-3H3. The van der Waals surface area contributed by atoms with Crippen molar-refractivity contribution in [2.45, 2.75) is 27.2 Å². The number of aliphatic hydroxyl groups is 1. The molecule has 0 bridgehead atoms. The summed E-state index contributed by atoms with van der Waals surface area (Å²) in [7, 11) is 0. The third-order valence-electron chi connectivity index (χ3n) is 2.19. The third-order valence-corrected chi connectivity index (χ3v) is 2.19. The molecule has 14 heavy (non-hydrogen) atoms. The normalized spacial score (nSPS) is 12.3. The molecule has 1 N–H and O–H groups in total. The molecular weight excluding hydrogens is 182 g/mol. The van der Waals surface area contributed by atoms with Crippen molar-refractivity contribution in [3.8, 4) is 0 Å². The highest BCUT2D eigenvalue weighted by Gasteiger charge is 2.14. The molecule has 0 saturated carbocycles. The molecule has 0 saturated heterocycles. The Morgan fingerprint density at radius 3 is 2.57 bits per heavy atom. The van der Waals surface area contributed by atoms with Crippen molar-refractivity contribution in [1.82, 2.24) is 4.90 Å². The SMILES string of the molecule is CCC(C)CN(CC)C(=O)OCCO. The number of rotatable bonds is 6. The van der Waals surface area contributed by atoms with Gasteiger partial charge in [0.1, 0.15) is 6.61 Å². The minimum absolute atomic E-state index is 0.0792. The van der Waals surface area contributed by atoms with Crippen LogP contribution in [0.4, 0.5) is 4.79 Å². The van der Waals surface area contributed by atoms with Gasteiger partial charge in [-0.15, -0.1) is 0 Å². The van der Waals surface area contributed by atoms with E-state index in [1.165, 1.54) is 0 Å². The summed E-state index contributed by atoms with van der Waals surface area (Å²) >= 11 is 0. The molecule has 0 radical (unpaired) electrons. The molecule has 1 atom stereocenters. The average molecular weight is 203 g/mol. The van der Waals surface area contributed by atoms with Crippen LogP contribution < -0.4 is 0 Å². The predicted molar refractivity (Wildman–Crippen MR) is 55.1 cm³/mol. The fourth-order valence-electron chi connectivity index (χ4n) is 1.06. The second kappa shape index (κ2) is 7.62. The summed E-state index contributed by atoms with van der Waals surface area (Å²) in [5.41, 5.74) is 0. The Bertz CT molecular complexity index is 161. The summed E-state index contributed by atoms with van der Waals surface area (Å²) in [6.45, 7) is 7.44. The highest BCUT2D eigenvalue weighted by Crippen LogP contribution is 2.05. The summed E-state index contributed by atoms with van der Waals surface area (Å²) in [6.07, 6.45) is 0.714. The Kier molecular flexibility index (Phi) is 7.20. The Morgan fingerprint density at radius 2 is 2.14 bits per heavy atom. The van der Waals surface area contributed by atoms with Crippen LogP contribution in [0.15, 0.2) is 0 Å². The van der Waals surface area contributed by atoms with E-state index in [9.17, 15) is 4.79 Å². The first-order chi connectivity index (χ1) is 6.65. The number of carbonyl (C=O) groups excluding carboxylic acids is 1. The molecule has 4 nitrogen and oxygen atoms in total. The molecule has 0 aliphatic carbocycles. The zero-order valence-corrected chi connectivity index (χ0v) is 9.32. The van der Waals surface area contributed by atoms with Gasteiger partial charge in [-0.3, -0.25) is 0 Å². The van der Waals surface area contributed by atoms with E-state index >= 15 is 0 Å². The molecule has 0 fully saturated rings. The monoisotopic (exact) mass is 203 g/mol. The Labute approximate surface area is 85.9 Å².